The van der Waals surface area contributed by atoms with Crippen LogP contribution in [0.15, 0.2) is 18.2 Å². The van der Waals surface area contributed by atoms with E-state index in [1.807, 2.05) is 6.92 Å². The Morgan fingerprint density at radius 1 is 1.44 bits per heavy atom. The average molecular weight is 230 g/mol. The Hall–Kier alpha value is -1.04. The van der Waals surface area contributed by atoms with Crippen LogP contribution in [0.5, 0.6) is 0 Å². The van der Waals surface area contributed by atoms with Gasteiger partial charge in [0.25, 0.3) is 0 Å². The van der Waals surface area contributed by atoms with Gasteiger partial charge in [-0.3, -0.25) is 11.3 Å². The highest BCUT2D eigenvalue weighted by molar-refractivity contribution is 5.22. The molecule has 0 aliphatic rings. The van der Waals surface area contributed by atoms with Crippen molar-refractivity contribution in [3.63, 3.8) is 0 Å². The number of nitrogens with one attached hydrogen (secondary N) is 1. The maximum atomic E-state index is 13.4. The Labute approximate surface area is 93.6 Å². The second-order valence-electron chi connectivity index (χ2n) is 3.46. The number of hydrazine groups is 1. The summed E-state index contributed by atoms with van der Waals surface area (Å²) in [5.74, 6) is 4.08. The van der Waals surface area contributed by atoms with Gasteiger partial charge in [0.05, 0.1) is 12.6 Å². The van der Waals surface area contributed by atoms with E-state index in [0.717, 1.165) is 12.5 Å². The molecule has 16 heavy (non-hydrogen) atoms. The molecule has 0 heterocycles. The van der Waals surface area contributed by atoms with E-state index in [4.69, 9.17) is 10.6 Å². The molecule has 0 aromatic heterocycles. The molecule has 1 atom stereocenters. The molecule has 5 heteroatoms. The van der Waals surface area contributed by atoms with Crippen molar-refractivity contribution in [3.8, 4) is 0 Å². The minimum absolute atomic E-state index is 0.257. The van der Waals surface area contributed by atoms with Crippen molar-refractivity contribution in [2.75, 3.05) is 13.2 Å². The van der Waals surface area contributed by atoms with Crippen molar-refractivity contribution in [1.29, 1.82) is 0 Å². The first kappa shape index (κ1) is 13.0. The van der Waals surface area contributed by atoms with E-state index in [9.17, 15) is 8.78 Å². The van der Waals surface area contributed by atoms with Crippen LogP contribution in [0.1, 0.15) is 24.9 Å². The summed E-state index contributed by atoms with van der Waals surface area (Å²) in [6, 6.07) is 2.93. The Morgan fingerprint density at radius 3 is 2.75 bits per heavy atom. The molecule has 1 rings (SSSR count). The lowest BCUT2D eigenvalue weighted by Crippen LogP contribution is -2.32. The molecule has 0 aliphatic carbocycles. The molecular formula is C11H16F2N2O. The maximum absolute atomic E-state index is 13.4. The Bertz CT molecular complexity index is 334. The molecule has 1 aromatic carbocycles. The van der Waals surface area contributed by atoms with Gasteiger partial charge in [-0.25, -0.2) is 8.78 Å². The zero-order chi connectivity index (χ0) is 12.0. The summed E-state index contributed by atoms with van der Waals surface area (Å²) in [6.45, 7) is 2.82. The molecule has 90 valence electrons. The predicted octanol–water partition coefficient (Wildman–Crippen LogP) is 1.90. The predicted molar refractivity (Wildman–Crippen MR) is 57.5 cm³/mol. The van der Waals surface area contributed by atoms with Gasteiger partial charge in [0, 0.05) is 18.2 Å². The third kappa shape index (κ3) is 3.52. The number of benzene rings is 1. The number of ether oxygens (including phenoxy) is 1. The van der Waals surface area contributed by atoms with Crippen LogP contribution in [0, 0.1) is 11.6 Å². The molecule has 0 aliphatic heterocycles. The van der Waals surface area contributed by atoms with Crippen LogP contribution in [0.4, 0.5) is 8.78 Å². The highest BCUT2D eigenvalue weighted by Gasteiger charge is 2.14. The van der Waals surface area contributed by atoms with E-state index in [1.54, 1.807) is 0 Å². The normalized spacial score (nSPS) is 12.8. The van der Waals surface area contributed by atoms with Crippen LogP contribution in [0.2, 0.25) is 0 Å². The minimum atomic E-state index is -0.622. The number of rotatable bonds is 6. The van der Waals surface area contributed by atoms with Gasteiger partial charge >= 0.3 is 0 Å². The molecule has 1 aromatic rings. The quantitative estimate of drug-likeness (QED) is 0.446. The molecule has 3 N–H and O–H groups in total. The summed E-state index contributed by atoms with van der Waals surface area (Å²) in [5, 5.41) is 0. The average Bonchev–Trinajstić information content (AvgIpc) is 2.26. The summed E-state index contributed by atoms with van der Waals surface area (Å²) < 4.78 is 31.4. The first-order valence-corrected chi connectivity index (χ1v) is 5.17. The summed E-state index contributed by atoms with van der Waals surface area (Å²) in [5.41, 5.74) is 2.76. The Morgan fingerprint density at radius 2 is 2.19 bits per heavy atom. The summed E-state index contributed by atoms with van der Waals surface area (Å²) in [7, 11) is 0. The fourth-order valence-electron chi connectivity index (χ4n) is 1.36. The second-order valence-corrected chi connectivity index (χ2v) is 3.46. The third-order valence-electron chi connectivity index (χ3n) is 2.17. The lowest BCUT2D eigenvalue weighted by atomic mass is 10.1. The molecule has 1 unspecified atom stereocenters. The van der Waals surface area contributed by atoms with Crippen molar-refractivity contribution in [2.24, 2.45) is 5.84 Å². The molecule has 0 saturated carbocycles. The lowest BCUT2D eigenvalue weighted by Gasteiger charge is -2.17. The van der Waals surface area contributed by atoms with Crippen LogP contribution in [0.3, 0.4) is 0 Å². The fourth-order valence-corrected chi connectivity index (χ4v) is 1.36. The Balaban J connectivity index is 2.70. The molecule has 0 saturated heterocycles. The molecular weight excluding hydrogens is 214 g/mol. The van der Waals surface area contributed by atoms with Crippen molar-refractivity contribution >= 4 is 0 Å². The van der Waals surface area contributed by atoms with E-state index in [2.05, 4.69) is 5.43 Å². The number of hydrogen-bond acceptors (Lipinski definition) is 3. The van der Waals surface area contributed by atoms with E-state index < -0.39 is 17.7 Å². The third-order valence-corrected chi connectivity index (χ3v) is 2.17. The van der Waals surface area contributed by atoms with Gasteiger partial charge in [-0.15, -0.1) is 0 Å². The van der Waals surface area contributed by atoms with Crippen LogP contribution in [-0.4, -0.2) is 13.2 Å². The standard InChI is InChI=1S/C11H16F2N2O/c1-2-5-16-7-11(15-14)9-4-3-8(12)6-10(9)13/h3-4,6,11,15H,2,5,7,14H2,1H3. The van der Waals surface area contributed by atoms with Crippen molar-refractivity contribution in [3.05, 3.63) is 35.4 Å². The molecule has 0 radical (unpaired) electrons. The first-order chi connectivity index (χ1) is 7.69. The number of halogens is 2. The summed E-state index contributed by atoms with van der Waals surface area (Å²) in [4.78, 5) is 0. The summed E-state index contributed by atoms with van der Waals surface area (Å²) in [6.07, 6.45) is 0.878. The smallest absolute Gasteiger partial charge is 0.131 e. The van der Waals surface area contributed by atoms with Crippen LogP contribution < -0.4 is 11.3 Å². The van der Waals surface area contributed by atoms with E-state index in [0.29, 0.717) is 12.2 Å². The molecule has 0 bridgehead atoms. The van der Waals surface area contributed by atoms with Crippen LogP contribution in [-0.2, 0) is 4.74 Å². The highest BCUT2D eigenvalue weighted by Crippen LogP contribution is 2.17. The van der Waals surface area contributed by atoms with Gasteiger partial charge in [0.1, 0.15) is 11.6 Å². The van der Waals surface area contributed by atoms with Crippen molar-refractivity contribution < 1.29 is 13.5 Å². The van der Waals surface area contributed by atoms with Gasteiger partial charge in [0.15, 0.2) is 0 Å². The highest BCUT2D eigenvalue weighted by atomic mass is 19.1. The van der Waals surface area contributed by atoms with Gasteiger partial charge in [-0.05, 0) is 12.5 Å². The van der Waals surface area contributed by atoms with Gasteiger partial charge in [-0.2, -0.15) is 0 Å². The van der Waals surface area contributed by atoms with Gasteiger partial charge in [0.2, 0.25) is 0 Å². The maximum Gasteiger partial charge on any atom is 0.131 e. The van der Waals surface area contributed by atoms with Crippen molar-refractivity contribution in [1.82, 2.24) is 5.43 Å². The second kappa shape index (κ2) is 6.52. The minimum Gasteiger partial charge on any atom is -0.379 e. The first-order valence-electron chi connectivity index (χ1n) is 5.17. The van der Waals surface area contributed by atoms with E-state index in [-0.39, 0.29) is 6.61 Å². The van der Waals surface area contributed by atoms with E-state index in [1.165, 1.54) is 12.1 Å². The fraction of sp³-hybridized carbons (Fsp3) is 0.455. The zero-order valence-electron chi connectivity index (χ0n) is 9.17. The van der Waals surface area contributed by atoms with Crippen LogP contribution >= 0.6 is 0 Å². The van der Waals surface area contributed by atoms with Gasteiger partial charge < -0.3 is 4.74 Å². The molecule has 3 nitrogen and oxygen atoms in total. The Kier molecular flexibility index (Phi) is 5.31. The van der Waals surface area contributed by atoms with Crippen molar-refractivity contribution in [2.45, 2.75) is 19.4 Å². The number of nitrogens with two attached hydrogens (primary N) is 1. The summed E-state index contributed by atoms with van der Waals surface area (Å²) >= 11 is 0. The number of hydrogen-bond donors (Lipinski definition) is 2. The van der Waals surface area contributed by atoms with E-state index >= 15 is 0 Å². The molecule has 0 fully saturated rings. The topological polar surface area (TPSA) is 47.3 Å². The zero-order valence-corrected chi connectivity index (χ0v) is 9.17. The lowest BCUT2D eigenvalue weighted by molar-refractivity contribution is 0.111. The van der Waals surface area contributed by atoms with Crippen LogP contribution in [0.25, 0.3) is 0 Å². The monoisotopic (exact) mass is 230 g/mol. The van der Waals surface area contributed by atoms with Gasteiger partial charge in [-0.1, -0.05) is 13.0 Å². The largest absolute Gasteiger partial charge is 0.379 e. The molecule has 0 spiro atoms. The molecule has 0 amide bonds. The SMILES string of the molecule is CCCOCC(NN)c1ccc(F)cc1F.